The van der Waals surface area contributed by atoms with E-state index < -0.39 is 6.10 Å². The maximum Gasteiger partial charge on any atom is 0.161 e. The Morgan fingerprint density at radius 3 is 2.55 bits per heavy atom. The second-order valence-electron chi connectivity index (χ2n) is 10.0. The summed E-state index contributed by atoms with van der Waals surface area (Å²) in [6.45, 7) is 10.1. The van der Waals surface area contributed by atoms with Gasteiger partial charge in [-0.2, -0.15) is 0 Å². The zero-order chi connectivity index (χ0) is 20.8. The van der Waals surface area contributed by atoms with Crippen LogP contribution in [0.3, 0.4) is 0 Å². The van der Waals surface area contributed by atoms with Crippen LogP contribution in [0.4, 0.5) is 0 Å². The van der Waals surface area contributed by atoms with E-state index in [0.717, 1.165) is 31.0 Å². The smallest absolute Gasteiger partial charge is 0.161 e. The highest BCUT2D eigenvalue weighted by molar-refractivity contribution is 5.50. The van der Waals surface area contributed by atoms with Gasteiger partial charge in [0.05, 0.1) is 31.0 Å². The fraction of sp³-hybridized carbons (Fsp3) is 0.750. The molecule has 0 amide bonds. The molecule has 4 atom stereocenters. The molecule has 1 aromatic rings. The second kappa shape index (κ2) is 8.09. The van der Waals surface area contributed by atoms with Crippen molar-refractivity contribution in [3.05, 3.63) is 23.3 Å². The van der Waals surface area contributed by atoms with E-state index in [1.807, 2.05) is 20.8 Å². The summed E-state index contributed by atoms with van der Waals surface area (Å²) >= 11 is 0. The van der Waals surface area contributed by atoms with Crippen LogP contribution < -0.4 is 9.47 Å². The number of methoxy groups -OCH3 is 1. The number of rotatable bonds is 5. The van der Waals surface area contributed by atoms with Crippen LogP contribution in [0, 0.1) is 5.92 Å². The highest BCUT2D eigenvalue weighted by Gasteiger charge is 2.40. The summed E-state index contributed by atoms with van der Waals surface area (Å²) in [5.74, 6) is 2.34. The lowest BCUT2D eigenvalue weighted by Crippen LogP contribution is -2.53. The number of hydrogen-bond acceptors (Lipinski definition) is 5. The molecule has 1 N–H and O–H groups in total. The summed E-state index contributed by atoms with van der Waals surface area (Å²) in [4.78, 5) is 2.46. The topological polar surface area (TPSA) is 51.2 Å². The van der Waals surface area contributed by atoms with E-state index in [1.165, 1.54) is 30.4 Å². The Morgan fingerprint density at radius 2 is 1.93 bits per heavy atom. The first-order valence-electron chi connectivity index (χ1n) is 11.2. The summed E-state index contributed by atoms with van der Waals surface area (Å²) in [7, 11) is 1.71. The minimum absolute atomic E-state index is 0.138. The van der Waals surface area contributed by atoms with Gasteiger partial charge >= 0.3 is 0 Å². The van der Waals surface area contributed by atoms with E-state index in [1.54, 1.807) is 7.11 Å². The summed E-state index contributed by atoms with van der Waals surface area (Å²) in [6.07, 6.45) is 5.16. The summed E-state index contributed by atoms with van der Waals surface area (Å²) in [6, 6.07) is 4.54. The molecular weight excluding hydrogens is 366 g/mol. The zero-order valence-electron chi connectivity index (χ0n) is 18.6. The van der Waals surface area contributed by atoms with Crippen molar-refractivity contribution in [2.45, 2.75) is 89.8 Å². The van der Waals surface area contributed by atoms with Gasteiger partial charge < -0.3 is 19.3 Å². The van der Waals surface area contributed by atoms with Crippen LogP contribution in [0.25, 0.3) is 0 Å². The van der Waals surface area contributed by atoms with Crippen LogP contribution in [0.15, 0.2) is 12.1 Å². The van der Waals surface area contributed by atoms with Gasteiger partial charge in [-0.15, -0.1) is 0 Å². The van der Waals surface area contributed by atoms with Crippen molar-refractivity contribution in [2.75, 3.05) is 20.2 Å². The van der Waals surface area contributed by atoms with Crippen molar-refractivity contribution in [1.29, 1.82) is 0 Å². The quantitative estimate of drug-likeness (QED) is 0.802. The van der Waals surface area contributed by atoms with Crippen molar-refractivity contribution < 1.29 is 19.3 Å². The maximum atomic E-state index is 10.8. The number of ether oxygens (including phenoxy) is 3. The molecule has 162 valence electrons. The van der Waals surface area contributed by atoms with Crippen molar-refractivity contribution in [3.63, 3.8) is 0 Å². The van der Waals surface area contributed by atoms with Crippen LogP contribution in [0.2, 0.25) is 0 Å². The molecule has 1 aromatic carbocycles. The first-order chi connectivity index (χ1) is 13.7. The third-order valence-electron chi connectivity index (χ3n) is 6.83. The van der Waals surface area contributed by atoms with Crippen molar-refractivity contribution in [3.8, 4) is 11.5 Å². The maximum absolute atomic E-state index is 10.8. The Bertz CT molecular complexity index is 724. The molecular formula is C24H37NO4. The van der Waals surface area contributed by atoms with E-state index >= 15 is 0 Å². The molecule has 0 spiro atoms. The molecule has 0 aromatic heterocycles. The molecule has 0 bridgehead atoms. The van der Waals surface area contributed by atoms with Crippen LogP contribution in [0.5, 0.6) is 11.5 Å². The number of aliphatic hydroxyl groups excluding tert-OH is 1. The Balaban J connectivity index is 1.54. The number of fused-ring (bicyclic) bond motifs is 3. The minimum Gasteiger partial charge on any atom is -0.493 e. The van der Waals surface area contributed by atoms with Crippen LogP contribution in [-0.2, 0) is 11.2 Å². The molecule has 5 heteroatoms. The normalized spacial score (nSPS) is 28.8. The molecule has 0 radical (unpaired) electrons. The van der Waals surface area contributed by atoms with Gasteiger partial charge in [0.15, 0.2) is 11.5 Å². The SMILES string of the molecule is COc1cc2c(cc1O[C@H](C)C1CCC1)CCN1CC(OC(C)(C)C)C(O)CC21. The molecule has 1 aliphatic carbocycles. The first-order valence-corrected chi connectivity index (χ1v) is 11.2. The summed E-state index contributed by atoms with van der Waals surface area (Å²) < 4.78 is 18.2. The van der Waals surface area contributed by atoms with Crippen molar-refractivity contribution in [2.24, 2.45) is 5.92 Å². The van der Waals surface area contributed by atoms with E-state index in [4.69, 9.17) is 14.2 Å². The van der Waals surface area contributed by atoms with Gasteiger partial charge in [-0.3, -0.25) is 4.90 Å². The monoisotopic (exact) mass is 403 g/mol. The molecule has 2 aliphatic heterocycles. The second-order valence-corrected chi connectivity index (χ2v) is 10.0. The molecule has 29 heavy (non-hydrogen) atoms. The van der Waals surface area contributed by atoms with Crippen molar-refractivity contribution >= 4 is 0 Å². The Kier molecular flexibility index (Phi) is 5.84. The fourth-order valence-electron chi connectivity index (χ4n) is 5.02. The molecule has 2 heterocycles. The number of nitrogens with zero attached hydrogens (tertiary/aromatic N) is 1. The molecule has 5 nitrogen and oxygen atoms in total. The molecule has 1 saturated carbocycles. The van der Waals surface area contributed by atoms with E-state index in [-0.39, 0.29) is 23.9 Å². The van der Waals surface area contributed by atoms with E-state index in [0.29, 0.717) is 12.3 Å². The van der Waals surface area contributed by atoms with Crippen molar-refractivity contribution in [1.82, 2.24) is 4.90 Å². The molecule has 2 fully saturated rings. The third kappa shape index (κ3) is 4.42. The van der Waals surface area contributed by atoms with Crippen LogP contribution >= 0.6 is 0 Å². The Morgan fingerprint density at radius 1 is 1.17 bits per heavy atom. The summed E-state index contributed by atoms with van der Waals surface area (Å²) in [5.41, 5.74) is 2.34. The van der Waals surface area contributed by atoms with Gasteiger partial charge in [0.2, 0.25) is 0 Å². The molecule has 4 rings (SSSR count). The largest absolute Gasteiger partial charge is 0.493 e. The molecule has 3 unspecified atom stereocenters. The zero-order valence-corrected chi connectivity index (χ0v) is 18.6. The van der Waals surface area contributed by atoms with E-state index in [2.05, 4.69) is 24.0 Å². The van der Waals surface area contributed by atoms with Crippen LogP contribution in [0.1, 0.15) is 70.5 Å². The van der Waals surface area contributed by atoms with E-state index in [9.17, 15) is 5.11 Å². The first kappa shape index (κ1) is 21.0. The fourth-order valence-corrected chi connectivity index (χ4v) is 5.02. The van der Waals surface area contributed by atoms with Gasteiger partial charge in [-0.25, -0.2) is 0 Å². The number of aliphatic hydroxyl groups is 1. The lowest BCUT2D eigenvalue weighted by Gasteiger charge is -2.47. The van der Waals surface area contributed by atoms with Crippen LogP contribution in [-0.4, -0.2) is 54.1 Å². The van der Waals surface area contributed by atoms with Gasteiger partial charge in [0, 0.05) is 19.1 Å². The van der Waals surface area contributed by atoms with Gasteiger partial charge in [-0.1, -0.05) is 6.42 Å². The highest BCUT2D eigenvalue weighted by Crippen LogP contribution is 2.43. The Labute approximate surface area is 175 Å². The predicted octanol–water partition coefficient (Wildman–Crippen LogP) is 4.11. The van der Waals surface area contributed by atoms with Gasteiger partial charge in [-0.05, 0) is 82.6 Å². The minimum atomic E-state index is -0.456. The van der Waals surface area contributed by atoms with Gasteiger partial charge in [0.25, 0.3) is 0 Å². The predicted molar refractivity (Wildman–Crippen MR) is 114 cm³/mol. The number of benzene rings is 1. The number of hydrogen-bond donors (Lipinski definition) is 1. The average Bonchev–Trinajstić information content (AvgIpc) is 2.59. The molecule has 3 aliphatic rings. The average molecular weight is 404 g/mol. The number of piperidine rings is 1. The highest BCUT2D eigenvalue weighted by atomic mass is 16.5. The standard InChI is InChI=1S/C24H37NO4/c1-15(16-7-6-8-16)28-22-11-17-9-10-25-14-23(29-24(2,3)4)20(26)13-19(25)18(17)12-21(22)27-5/h11-12,15-16,19-20,23,26H,6-10,13-14H2,1-5H3/t15-,19?,20?,23?/m1/s1. The lowest BCUT2D eigenvalue weighted by atomic mass is 9.81. The van der Waals surface area contributed by atoms with Gasteiger partial charge in [0.1, 0.15) is 0 Å². The summed E-state index contributed by atoms with van der Waals surface area (Å²) in [5, 5.41) is 10.8. The Hall–Kier alpha value is -1.30. The third-order valence-corrected chi connectivity index (χ3v) is 6.83. The lowest BCUT2D eigenvalue weighted by molar-refractivity contribution is -0.149. The molecule has 1 saturated heterocycles.